The molecule has 32 heavy (non-hydrogen) atoms. The Morgan fingerprint density at radius 2 is 1.94 bits per heavy atom. The maximum atomic E-state index is 11.9. The number of nitroso groups, excluding NO2 is 1. The average Bonchev–Trinajstić information content (AvgIpc) is 2.77. The number of hydrogen-bond donors (Lipinski definition) is 1. The van der Waals surface area contributed by atoms with Crippen LogP contribution in [0.25, 0.3) is 0 Å². The zero-order valence-electron chi connectivity index (χ0n) is 18.7. The highest BCUT2D eigenvalue weighted by molar-refractivity contribution is 8.00. The van der Waals surface area contributed by atoms with Gasteiger partial charge in [-0.05, 0) is 54.9 Å². The molecule has 0 atom stereocenters. The zero-order valence-corrected chi connectivity index (χ0v) is 21.2. The molecule has 3 rings (SSSR count). The average molecular weight is 489 g/mol. The summed E-state index contributed by atoms with van der Waals surface area (Å²) in [6.45, 7) is 10.7. The molecular formula is C22H26ClN6OPS. The van der Waals surface area contributed by atoms with Crippen LogP contribution in [0.2, 0.25) is 5.15 Å². The standard InChI is InChI=1S/C22H26ClN6OPS/c1-6-15-13-16(31(4)5)11-12-17(15)24-22-25-21(20(23)26-27-22)29(28-30)18-9-7-8-10-19(18)32-14(2)3/h7-14H,6H2,1-5H3,(H,24,25,27). The van der Waals surface area contributed by atoms with Gasteiger partial charge in [0, 0.05) is 15.8 Å². The number of aromatic nitrogens is 3. The molecule has 0 unspecified atom stereocenters. The summed E-state index contributed by atoms with van der Waals surface area (Å²) in [5.41, 5.74) is 2.64. The Morgan fingerprint density at radius 1 is 1.19 bits per heavy atom. The molecule has 0 radical (unpaired) electrons. The molecule has 0 aliphatic heterocycles. The molecule has 0 amide bonds. The van der Waals surface area contributed by atoms with Gasteiger partial charge < -0.3 is 5.32 Å². The number of aryl methyl sites for hydroxylation is 1. The number of nitrogens with zero attached hydrogens (tertiary/aromatic N) is 5. The molecular weight excluding hydrogens is 463 g/mol. The first-order chi connectivity index (χ1) is 15.3. The van der Waals surface area contributed by atoms with Crippen LogP contribution in [0.15, 0.2) is 52.6 Å². The smallest absolute Gasteiger partial charge is 0.249 e. The van der Waals surface area contributed by atoms with Crippen molar-refractivity contribution in [2.45, 2.75) is 37.3 Å². The highest BCUT2D eigenvalue weighted by Gasteiger charge is 2.22. The summed E-state index contributed by atoms with van der Waals surface area (Å²) in [6.07, 6.45) is 0.856. The topological polar surface area (TPSA) is 83.4 Å². The number of rotatable bonds is 9. The Morgan fingerprint density at radius 3 is 2.59 bits per heavy atom. The van der Waals surface area contributed by atoms with Crippen molar-refractivity contribution in [3.05, 3.63) is 58.1 Å². The van der Waals surface area contributed by atoms with Crippen molar-refractivity contribution in [2.75, 3.05) is 23.7 Å². The predicted molar refractivity (Wildman–Crippen MR) is 138 cm³/mol. The number of benzene rings is 2. The molecule has 168 valence electrons. The number of hydrogen-bond acceptors (Lipinski definition) is 7. The lowest BCUT2D eigenvalue weighted by Gasteiger charge is -2.19. The van der Waals surface area contributed by atoms with Crippen LogP contribution in [-0.4, -0.2) is 33.8 Å². The van der Waals surface area contributed by atoms with Gasteiger partial charge in [0.15, 0.2) is 11.0 Å². The summed E-state index contributed by atoms with van der Waals surface area (Å²) in [7, 11) is -0.190. The van der Waals surface area contributed by atoms with Crippen molar-refractivity contribution in [1.29, 1.82) is 0 Å². The number of anilines is 4. The largest absolute Gasteiger partial charge is 0.323 e. The van der Waals surface area contributed by atoms with Crippen LogP contribution in [0.3, 0.4) is 0 Å². The minimum absolute atomic E-state index is 0.00632. The van der Waals surface area contributed by atoms with E-state index in [0.29, 0.717) is 10.9 Å². The van der Waals surface area contributed by atoms with Crippen molar-refractivity contribution in [2.24, 2.45) is 5.29 Å². The first-order valence-corrected chi connectivity index (χ1v) is 13.7. The number of halogens is 1. The van der Waals surface area contributed by atoms with Crippen molar-refractivity contribution in [3.8, 4) is 0 Å². The van der Waals surface area contributed by atoms with E-state index in [1.165, 1.54) is 5.30 Å². The van der Waals surface area contributed by atoms with Crippen molar-refractivity contribution in [1.82, 2.24) is 15.2 Å². The summed E-state index contributed by atoms with van der Waals surface area (Å²) in [6, 6.07) is 13.8. The highest BCUT2D eigenvalue weighted by Crippen LogP contribution is 2.38. The summed E-state index contributed by atoms with van der Waals surface area (Å²) in [5.74, 6) is 0.362. The van der Waals surface area contributed by atoms with Crippen LogP contribution >= 0.6 is 31.3 Å². The molecule has 10 heteroatoms. The van der Waals surface area contributed by atoms with Gasteiger partial charge in [0.05, 0.1) is 11.0 Å². The van der Waals surface area contributed by atoms with Gasteiger partial charge in [-0.2, -0.15) is 9.99 Å². The Labute approximate surface area is 199 Å². The van der Waals surface area contributed by atoms with Gasteiger partial charge in [-0.15, -0.1) is 26.9 Å². The monoisotopic (exact) mass is 488 g/mol. The quantitative estimate of drug-likeness (QED) is 0.159. The Balaban J connectivity index is 1.98. The van der Waals surface area contributed by atoms with Crippen LogP contribution in [0.1, 0.15) is 26.3 Å². The Bertz CT molecular complexity index is 1100. The van der Waals surface area contributed by atoms with Crippen LogP contribution in [0.4, 0.5) is 23.1 Å². The van der Waals surface area contributed by atoms with Crippen molar-refractivity contribution in [3.63, 3.8) is 0 Å². The summed E-state index contributed by atoms with van der Waals surface area (Å²) >= 11 is 7.91. The number of para-hydroxylation sites is 1. The maximum absolute atomic E-state index is 11.9. The molecule has 0 saturated carbocycles. The predicted octanol–water partition coefficient (Wildman–Crippen LogP) is 6.52. The van der Waals surface area contributed by atoms with Crippen LogP contribution in [0.5, 0.6) is 0 Å². The molecule has 0 fully saturated rings. The Hall–Kier alpha value is -2.28. The van der Waals surface area contributed by atoms with Crippen LogP contribution in [-0.2, 0) is 6.42 Å². The third kappa shape index (κ3) is 5.74. The lowest BCUT2D eigenvalue weighted by Crippen LogP contribution is -2.14. The fraction of sp³-hybridized carbons (Fsp3) is 0.318. The molecule has 1 N–H and O–H groups in total. The van der Waals surface area contributed by atoms with E-state index in [9.17, 15) is 4.91 Å². The van der Waals surface area contributed by atoms with Crippen molar-refractivity contribution < 1.29 is 0 Å². The summed E-state index contributed by atoms with van der Waals surface area (Å²) in [4.78, 5) is 17.2. The van der Waals surface area contributed by atoms with Gasteiger partial charge in [-0.1, -0.05) is 58.5 Å². The molecule has 1 aromatic heterocycles. The van der Waals surface area contributed by atoms with Gasteiger partial charge in [0.1, 0.15) is 0 Å². The highest BCUT2D eigenvalue weighted by atomic mass is 35.5. The summed E-state index contributed by atoms with van der Waals surface area (Å²) < 4.78 is 0. The third-order valence-electron chi connectivity index (χ3n) is 4.60. The fourth-order valence-corrected chi connectivity index (χ4v) is 4.96. The first-order valence-electron chi connectivity index (χ1n) is 10.2. The van der Waals surface area contributed by atoms with Gasteiger partial charge >= 0.3 is 0 Å². The van der Waals surface area contributed by atoms with E-state index in [4.69, 9.17) is 11.6 Å². The van der Waals surface area contributed by atoms with Gasteiger partial charge in [-0.25, -0.2) is 0 Å². The van der Waals surface area contributed by atoms with Gasteiger partial charge in [-0.3, -0.25) is 0 Å². The van der Waals surface area contributed by atoms with E-state index < -0.39 is 0 Å². The van der Waals surface area contributed by atoms with Crippen LogP contribution < -0.4 is 15.6 Å². The zero-order chi connectivity index (χ0) is 23.3. The van der Waals surface area contributed by atoms with E-state index in [-0.39, 0.29) is 24.8 Å². The van der Waals surface area contributed by atoms with Gasteiger partial charge in [0.2, 0.25) is 5.95 Å². The Kier molecular flexibility index (Phi) is 8.40. The molecule has 7 nitrogen and oxygen atoms in total. The molecule has 0 aliphatic rings. The van der Waals surface area contributed by atoms with E-state index in [2.05, 4.69) is 72.0 Å². The molecule has 2 aromatic carbocycles. The normalized spacial score (nSPS) is 11.1. The van der Waals surface area contributed by atoms with E-state index in [1.807, 2.05) is 24.3 Å². The minimum Gasteiger partial charge on any atom is -0.323 e. The lowest BCUT2D eigenvalue weighted by molar-refractivity contribution is 0.926. The third-order valence-corrected chi connectivity index (χ3v) is 7.23. The number of thioether (sulfide) groups is 1. The van der Waals surface area contributed by atoms with E-state index in [1.54, 1.807) is 17.8 Å². The fourth-order valence-electron chi connectivity index (χ4n) is 3.07. The van der Waals surface area contributed by atoms with Crippen molar-refractivity contribution >= 4 is 59.7 Å². The minimum atomic E-state index is -0.190. The van der Waals surface area contributed by atoms with E-state index in [0.717, 1.165) is 27.6 Å². The summed E-state index contributed by atoms with van der Waals surface area (Å²) in [5, 5.41) is 17.3. The first kappa shape index (κ1) is 24.4. The molecule has 0 aliphatic carbocycles. The molecule has 1 heterocycles. The van der Waals surface area contributed by atoms with E-state index >= 15 is 0 Å². The maximum Gasteiger partial charge on any atom is 0.249 e. The second-order valence-corrected chi connectivity index (χ2v) is 11.8. The SMILES string of the molecule is CCc1cc(P(C)C)ccc1Nc1nnc(Cl)c(N(N=O)c2ccccc2SC(C)C)n1. The lowest BCUT2D eigenvalue weighted by atomic mass is 10.1. The van der Waals surface area contributed by atoms with Crippen LogP contribution in [0, 0.1) is 4.91 Å². The number of nitrogens with one attached hydrogen (secondary N) is 1. The molecule has 3 aromatic rings. The van der Waals surface area contributed by atoms with Gasteiger partial charge in [0.25, 0.3) is 0 Å². The molecule has 0 saturated heterocycles. The molecule has 0 bridgehead atoms. The second kappa shape index (κ2) is 11.0. The second-order valence-electron chi connectivity index (χ2n) is 7.49. The molecule has 0 spiro atoms.